The standard InChI is InChI=1S/C27H40N4O3/c1-20-9-7-10-24(33-3)25(20)27-29-23(21(2)34-27)19-31-17-11-22(12-18-31)26(32)28-13-8-16-30-14-5-4-6-15-30/h7,9-10,22H,4-6,8,11-19H2,1-3H3,(H,28,32). The molecule has 2 aliphatic rings. The average Bonchev–Trinajstić information content (AvgIpc) is 3.21. The van der Waals surface area contributed by atoms with Gasteiger partial charge in [-0.25, -0.2) is 4.98 Å². The number of amides is 1. The van der Waals surface area contributed by atoms with Crippen LogP contribution in [0.25, 0.3) is 11.5 Å². The second-order valence-corrected chi connectivity index (χ2v) is 9.77. The lowest BCUT2D eigenvalue weighted by Crippen LogP contribution is -2.41. The molecule has 34 heavy (non-hydrogen) atoms. The highest BCUT2D eigenvalue weighted by molar-refractivity contribution is 5.78. The van der Waals surface area contributed by atoms with E-state index >= 15 is 0 Å². The van der Waals surface area contributed by atoms with Gasteiger partial charge in [0.1, 0.15) is 11.5 Å². The summed E-state index contributed by atoms with van der Waals surface area (Å²) in [6.45, 7) is 10.9. The van der Waals surface area contributed by atoms with Crippen LogP contribution in [0.1, 0.15) is 55.5 Å². The minimum Gasteiger partial charge on any atom is -0.496 e. The molecule has 7 heteroatoms. The molecule has 1 amide bonds. The third kappa shape index (κ3) is 6.19. The maximum absolute atomic E-state index is 12.6. The molecular formula is C27H40N4O3. The lowest BCUT2D eigenvalue weighted by molar-refractivity contribution is -0.126. The van der Waals surface area contributed by atoms with Crippen LogP contribution in [0.4, 0.5) is 0 Å². The minimum absolute atomic E-state index is 0.122. The Morgan fingerprint density at radius 2 is 1.88 bits per heavy atom. The number of carbonyl (C=O) groups is 1. The summed E-state index contributed by atoms with van der Waals surface area (Å²) in [6.07, 6.45) is 6.84. The number of benzene rings is 1. The molecule has 0 saturated carbocycles. The first kappa shape index (κ1) is 24.7. The van der Waals surface area contributed by atoms with Gasteiger partial charge in [-0.1, -0.05) is 18.6 Å². The van der Waals surface area contributed by atoms with Gasteiger partial charge in [0.05, 0.1) is 18.4 Å². The lowest BCUT2D eigenvalue weighted by atomic mass is 9.95. The Balaban J connectivity index is 1.23. The van der Waals surface area contributed by atoms with Crippen molar-refractivity contribution in [1.29, 1.82) is 0 Å². The van der Waals surface area contributed by atoms with Crippen molar-refractivity contribution in [2.45, 2.75) is 58.9 Å². The largest absolute Gasteiger partial charge is 0.496 e. The zero-order valence-corrected chi connectivity index (χ0v) is 21.1. The molecule has 0 spiro atoms. The Labute approximate surface area is 203 Å². The number of hydrogen-bond donors (Lipinski definition) is 1. The summed E-state index contributed by atoms with van der Waals surface area (Å²) in [5.41, 5.74) is 2.95. The quantitative estimate of drug-likeness (QED) is 0.557. The van der Waals surface area contributed by atoms with Crippen molar-refractivity contribution in [2.75, 3.05) is 46.4 Å². The number of aromatic nitrogens is 1. The van der Waals surface area contributed by atoms with Gasteiger partial charge in [0.2, 0.25) is 11.8 Å². The first-order chi connectivity index (χ1) is 16.5. The topological polar surface area (TPSA) is 70.8 Å². The molecule has 1 N–H and O–H groups in total. The van der Waals surface area contributed by atoms with Crippen LogP contribution >= 0.6 is 0 Å². The number of likely N-dealkylation sites (tertiary alicyclic amines) is 2. The Hall–Kier alpha value is -2.38. The minimum atomic E-state index is 0.122. The number of hydrogen-bond acceptors (Lipinski definition) is 6. The van der Waals surface area contributed by atoms with E-state index < -0.39 is 0 Å². The molecule has 2 saturated heterocycles. The van der Waals surface area contributed by atoms with Crippen molar-refractivity contribution in [2.24, 2.45) is 5.92 Å². The van der Waals surface area contributed by atoms with Gasteiger partial charge in [-0.3, -0.25) is 9.69 Å². The number of rotatable bonds is 9. The van der Waals surface area contributed by atoms with Crippen LogP contribution < -0.4 is 10.1 Å². The maximum Gasteiger partial charge on any atom is 0.230 e. The Morgan fingerprint density at radius 1 is 1.12 bits per heavy atom. The van der Waals surface area contributed by atoms with E-state index in [1.807, 2.05) is 32.0 Å². The molecule has 2 aliphatic heterocycles. The summed E-state index contributed by atoms with van der Waals surface area (Å²) >= 11 is 0. The van der Waals surface area contributed by atoms with Crippen LogP contribution in [0.15, 0.2) is 22.6 Å². The summed E-state index contributed by atoms with van der Waals surface area (Å²) in [5, 5.41) is 3.18. The Morgan fingerprint density at radius 3 is 2.62 bits per heavy atom. The van der Waals surface area contributed by atoms with Crippen molar-refractivity contribution in [1.82, 2.24) is 20.1 Å². The SMILES string of the molecule is COc1cccc(C)c1-c1nc(CN2CCC(C(=O)NCCCN3CCCCC3)CC2)c(C)o1. The first-order valence-corrected chi connectivity index (χ1v) is 12.9. The number of ether oxygens (including phenoxy) is 1. The number of carbonyl (C=O) groups excluding carboxylic acids is 1. The average molecular weight is 469 g/mol. The number of nitrogens with one attached hydrogen (secondary N) is 1. The van der Waals surface area contributed by atoms with E-state index in [9.17, 15) is 4.79 Å². The summed E-state index contributed by atoms with van der Waals surface area (Å²) < 4.78 is 11.6. The van der Waals surface area contributed by atoms with Gasteiger partial charge >= 0.3 is 0 Å². The molecule has 2 aromatic rings. The summed E-state index contributed by atoms with van der Waals surface area (Å²) in [4.78, 5) is 22.4. The van der Waals surface area contributed by atoms with Crippen molar-refractivity contribution in [3.05, 3.63) is 35.2 Å². The summed E-state index contributed by atoms with van der Waals surface area (Å²) in [5.74, 6) is 2.58. The molecule has 0 atom stereocenters. The molecule has 4 rings (SSSR count). The van der Waals surface area contributed by atoms with E-state index in [-0.39, 0.29) is 11.8 Å². The van der Waals surface area contributed by atoms with Gasteiger partial charge in [-0.05, 0) is 90.3 Å². The van der Waals surface area contributed by atoms with Crippen LogP contribution in [0.3, 0.4) is 0 Å². The molecule has 3 heterocycles. The fourth-order valence-electron chi connectivity index (χ4n) is 5.17. The van der Waals surface area contributed by atoms with Gasteiger partial charge in [0, 0.05) is 19.0 Å². The molecular weight excluding hydrogens is 428 g/mol. The normalized spacial score (nSPS) is 18.2. The van der Waals surface area contributed by atoms with Crippen LogP contribution in [0.2, 0.25) is 0 Å². The van der Waals surface area contributed by atoms with Crippen molar-refractivity contribution in [3.63, 3.8) is 0 Å². The van der Waals surface area contributed by atoms with Crippen LogP contribution in [-0.4, -0.2) is 67.1 Å². The zero-order valence-electron chi connectivity index (χ0n) is 21.1. The van der Waals surface area contributed by atoms with E-state index in [0.29, 0.717) is 5.89 Å². The fourth-order valence-corrected chi connectivity index (χ4v) is 5.17. The smallest absolute Gasteiger partial charge is 0.230 e. The number of oxazole rings is 1. The van der Waals surface area contributed by atoms with Crippen LogP contribution in [0.5, 0.6) is 5.75 Å². The van der Waals surface area contributed by atoms with E-state index in [1.165, 1.54) is 32.4 Å². The second kappa shape index (κ2) is 11.8. The zero-order chi connectivity index (χ0) is 23.9. The number of methoxy groups -OCH3 is 1. The van der Waals surface area contributed by atoms with Gasteiger partial charge in [0.25, 0.3) is 0 Å². The highest BCUT2D eigenvalue weighted by Crippen LogP contribution is 2.34. The summed E-state index contributed by atoms with van der Waals surface area (Å²) in [7, 11) is 1.67. The molecule has 0 bridgehead atoms. The lowest BCUT2D eigenvalue weighted by Gasteiger charge is -2.31. The van der Waals surface area contributed by atoms with Crippen molar-refractivity contribution >= 4 is 5.91 Å². The van der Waals surface area contributed by atoms with Gasteiger partial charge in [-0.15, -0.1) is 0 Å². The maximum atomic E-state index is 12.6. The molecule has 1 aromatic carbocycles. The fraction of sp³-hybridized carbons (Fsp3) is 0.630. The highest BCUT2D eigenvalue weighted by Gasteiger charge is 2.26. The molecule has 0 aliphatic carbocycles. The van der Waals surface area contributed by atoms with Crippen LogP contribution in [0, 0.1) is 19.8 Å². The predicted octanol–water partition coefficient (Wildman–Crippen LogP) is 4.17. The molecule has 2 fully saturated rings. The molecule has 7 nitrogen and oxygen atoms in total. The number of aryl methyl sites for hydroxylation is 2. The molecule has 1 aromatic heterocycles. The van der Waals surface area contributed by atoms with Crippen molar-refractivity contribution < 1.29 is 13.9 Å². The van der Waals surface area contributed by atoms with Crippen molar-refractivity contribution in [3.8, 4) is 17.2 Å². The summed E-state index contributed by atoms with van der Waals surface area (Å²) in [6, 6.07) is 5.95. The molecule has 186 valence electrons. The predicted molar refractivity (Wildman–Crippen MR) is 134 cm³/mol. The van der Waals surface area contributed by atoms with E-state index in [2.05, 4.69) is 15.1 Å². The highest BCUT2D eigenvalue weighted by atomic mass is 16.5. The second-order valence-electron chi connectivity index (χ2n) is 9.77. The van der Waals surface area contributed by atoms with Gasteiger partial charge < -0.3 is 19.4 Å². The monoisotopic (exact) mass is 468 g/mol. The molecule has 0 radical (unpaired) electrons. The third-order valence-corrected chi connectivity index (χ3v) is 7.29. The van der Waals surface area contributed by atoms with E-state index in [4.69, 9.17) is 14.1 Å². The third-order valence-electron chi connectivity index (χ3n) is 7.29. The van der Waals surface area contributed by atoms with Gasteiger partial charge in [-0.2, -0.15) is 0 Å². The van der Waals surface area contributed by atoms with E-state index in [1.54, 1.807) is 7.11 Å². The number of nitrogens with zero attached hydrogens (tertiary/aromatic N) is 3. The molecule has 0 unspecified atom stereocenters. The number of piperidine rings is 2. The van der Waals surface area contributed by atoms with E-state index in [0.717, 1.165) is 80.3 Å². The van der Waals surface area contributed by atoms with Gasteiger partial charge in [0.15, 0.2) is 0 Å². The Kier molecular flexibility index (Phi) is 8.62. The Bertz CT molecular complexity index is 943. The first-order valence-electron chi connectivity index (χ1n) is 12.9. The van der Waals surface area contributed by atoms with Crippen LogP contribution in [-0.2, 0) is 11.3 Å².